The summed E-state index contributed by atoms with van der Waals surface area (Å²) in [5, 5.41) is 40.2. The molecule has 6 N–H and O–H groups in total. The molecule has 0 bridgehead atoms. The topological polar surface area (TPSA) is 165 Å². The lowest BCUT2D eigenvalue weighted by Gasteiger charge is -2.24. The predicted octanol–water partition coefficient (Wildman–Crippen LogP) is 0.606. The number of β-amino-alcohol motifs (C(OH)–C–C–N with tert-alkyl or cyclic N) is 1. The number of carbonyl (C=O) groups excluding carboxylic acids is 1. The van der Waals surface area contributed by atoms with Gasteiger partial charge in [-0.15, -0.1) is 0 Å². The van der Waals surface area contributed by atoms with Gasteiger partial charge in [-0.3, -0.25) is 9.59 Å². The second-order valence-corrected chi connectivity index (χ2v) is 7.88. The van der Waals surface area contributed by atoms with E-state index in [9.17, 15) is 19.5 Å². The Hall–Kier alpha value is -2.69. The molecular weight excluding hydrogens is 396 g/mol. The number of nitrogens with one attached hydrogen (secondary N) is 2. The van der Waals surface area contributed by atoms with Crippen molar-refractivity contribution in [1.29, 1.82) is 0 Å². The van der Waals surface area contributed by atoms with Gasteiger partial charge in [0, 0.05) is 29.8 Å². The zero-order valence-electron chi connectivity index (χ0n) is 17.3. The normalized spacial score (nSPS) is 15.0. The van der Waals surface area contributed by atoms with Crippen molar-refractivity contribution in [2.75, 3.05) is 18.5 Å². The van der Waals surface area contributed by atoms with Crippen molar-refractivity contribution in [1.82, 2.24) is 5.32 Å². The van der Waals surface area contributed by atoms with Gasteiger partial charge in [-0.25, -0.2) is 4.79 Å². The van der Waals surface area contributed by atoms with Crippen LogP contribution in [-0.2, 0) is 20.8 Å². The van der Waals surface area contributed by atoms with E-state index in [1.807, 2.05) is 18.2 Å². The molecule has 1 heterocycles. The largest absolute Gasteiger partial charge is 0.490 e. The number of hydrogen-bond donors (Lipinski definition) is 6. The number of amides is 1. The first-order valence-corrected chi connectivity index (χ1v) is 9.49. The van der Waals surface area contributed by atoms with Gasteiger partial charge in [0.2, 0.25) is 5.91 Å². The van der Waals surface area contributed by atoms with Gasteiger partial charge in [0.05, 0.1) is 6.42 Å². The molecule has 0 radical (unpaired) electrons. The van der Waals surface area contributed by atoms with Gasteiger partial charge in [0.25, 0.3) is 0 Å². The molecule has 1 amide bonds. The van der Waals surface area contributed by atoms with E-state index < -0.39 is 30.6 Å². The molecule has 1 aromatic carbocycles. The Balaban J connectivity index is 0.000000424. The third-order valence-electron chi connectivity index (χ3n) is 3.96. The number of fused-ring (bicyclic) bond motifs is 1. The van der Waals surface area contributed by atoms with Crippen LogP contribution in [0.2, 0.25) is 0 Å². The average molecular weight is 426 g/mol. The van der Waals surface area contributed by atoms with E-state index in [0.29, 0.717) is 19.4 Å². The number of benzene rings is 1. The number of carbonyl (C=O) groups is 3. The maximum Gasteiger partial charge on any atom is 0.333 e. The minimum Gasteiger partial charge on any atom is -0.490 e. The van der Waals surface area contributed by atoms with Crippen LogP contribution < -0.4 is 15.4 Å². The molecule has 10 nitrogen and oxygen atoms in total. The number of rotatable bonds is 8. The fourth-order valence-corrected chi connectivity index (χ4v) is 2.45. The van der Waals surface area contributed by atoms with E-state index in [1.165, 1.54) is 0 Å². The first-order chi connectivity index (χ1) is 13.9. The van der Waals surface area contributed by atoms with Gasteiger partial charge >= 0.3 is 11.9 Å². The Morgan fingerprint density at radius 2 is 1.87 bits per heavy atom. The molecule has 0 spiro atoms. The van der Waals surface area contributed by atoms with Crippen molar-refractivity contribution < 1.29 is 39.5 Å². The van der Waals surface area contributed by atoms with Crippen molar-refractivity contribution in [3.8, 4) is 5.75 Å². The van der Waals surface area contributed by atoms with Crippen LogP contribution >= 0.6 is 0 Å². The molecular formula is C20H30N2O8. The van der Waals surface area contributed by atoms with Crippen molar-refractivity contribution in [2.24, 2.45) is 0 Å². The van der Waals surface area contributed by atoms with Crippen LogP contribution in [0.15, 0.2) is 18.2 Å². The summed E-state index contributed by atoms with van der Waals surface area (Å²) in [5.74, 6) is -2.07. The SMILES string of the molecule is CC(C)(C)NCC(O)COc1cccc2c1CCC(=O)N2.O=C(O)CC(O)C(=O)O. The van der Waals surface area contributed by atoms with Crippen LogP contribution in [-0.4, -0.2) is 69.2 Å². The maximum absolute atomic E-state index is 11.4. The van der Waals surface area contributed by atoms with Gasteiger partial charge in [0.1, 0.15) is 18.5 Å². The third-order valence-corrected chi connectivity index (χ3v) is 3.96. The summed E-state index contributed by atoms with van der Waals surface area (Å²) >= 11 is 0. The lowest BCUT2D eigenvalue weighted by atomic mass is 10.0. The molecule has 2 unspecified atom stereocenters. The summed E-state index contributed by atoms with van der Waals surface area (Å²) in [6.45, 7) is 6.87. The molecule has 2 atom stereocenters. The summed E-state index contributed by atoms with van der Waals surface area (Å²) in [7, 11) is 0. The Bertz CT molecular complexity index is 745. The number of carboxylic acid groups (broad SMARTS) is 2. The second-order valence-electron chi connectivity index (χ2n) is 7.88. The number of hydrogen-bond acceptors (Lipinski definition) is 7. The zero-order chi connectivity index (χ0) is 22.9. The molecule has 10 heteroatoms. The Labute approximate surface area is 174 Å². The standard InChI is InChI=1S/C16H24N2O3.C4H6O5/c1-16(2,3)17-9-11(19)10-21-14-6-4-5-13-12(14)7-8-15(20)18-13;5-2(4(8)9)1-3(6)7/h4-6,11,17,19H,7-10H2,1-3H3,(H,18,20);2,5H,1H2,(H,6,7)(H,8,9). The van der Waals surface area contributed by atoms with E-state index in [0.717, 1.165) is 17.0 Å². The number of carboxylic acids is 2. The van der Waals surface area contributed by atoms with E-state index in [4.69, 9.17) is 20.1 Å². The molecule has 0 aromatic heterocycles. The fraction of sp³-hybridized carbons (Fsp3) is 0.550. The van der Waals surface area contributed by atoms with Gasteiger partial charge in [0.15, 0.2) is 6.10 Å². The van der Waals surface area contributed by atoms with Gasteiger partial charge in [-0.2, -0.15) is 0 Å². The Morgan fingerprint density at radius 1 is 1.20 bits per heavy atom. The predicted molar refractivity (Wildman–Crippen MR) is 109 cm³/mol. The number of aliphatic carboxylic acids is 2. The highest BCUT2D eigenvalue weighted by molar-refractivity contribution is 5.94. The highest BCUT2D eigenvalue weighted by Crippen LogP contribution is 2.31. The summed E-state index contributed by atoms with van der Waals surface area (Å²) < 4.78 is 5.73. The summed E-state index contributed by atoms with van der Waals surface area (Å²) in [4.78, 5) is 30.8. The van der Waals surface area contributed by atoms with Gasteiger partial charge in [-0.05, 0) is 39.3 Å². The monoisotopic (exact) mass is 426 g/mol. The van der Waals surface area contributed by atoms with Crippen molar-refractivity contribution in [3.05, 3.63) is 23.8 Å². The highest BCUT2D eigenvalue weighted by atomic mass is 16.5. The first kappa shape index (κ1) is 25.3. The third kappa shape index (κ3) is 9.68. The zero-order valence-corrected chi connectivity index (χ0v) is 17.3. The minimum atomic E-state index is -1.79. The quantitative estimate of drug-likeness (QED) is 0.349. The number of anilines is 1. The van der Waals surface area contributed by atoms with Crippen LogP contribution in [0.1, 0.15) is 39.2 Å². The second kappa shape index (κ2) is 11.5. The number of aliphatic hydroxyl groups is 2. The summed E-state index contributed by atoms with van der Waals surface area (Å²) in [6, 6.07) is 5.59. The summed E-state index contributed by atoms with van der Waals surface area (Å²) in [6.07, 6.45) is -1.97. The molecule has 1 aliphatic rings. The fourth-order valence-electron chi connectivity index (χ4n) is 2.45. The molecule has 1 aliphatic heterocycles. The molecule has 1 aromatic rings. The van der Waals surface area contributed by atoms with Gasteiger partial charge in [-0.1, -0.05) is 6.07 Å². The smallest absolute Gasteiger partial charge is 0.333 e. The van der Waals surface area contributed by atoms with Crippen molar-refractivity contribution >= 4 is 23.5 Å². The molecule has 0 fully saturated rings. The lowest BCUT2D eigenvalue weighted by molar-refractivity contribution is -0.152. The highest BCUT2D eigenvalue weighted by Gasteiger charge is 2.19. The molecule has 2 rings (SSSR count). The summed E-state index contributed by atoms with van der Waals surface area (Å²) in [5.41, 5.74) is 1.79. The molecule has 0 saturated carbocycles. The van der Waals surface area contributed by atoms with Gasteiger partial charge < -0.3 is 35.8 Å². The van der Waals surface area contributed by atoms with Crippen LogP contribution in [0.25, 0.3) is 0 Å². The van der Waals surface area contributed by atoms with E-state index in [1.54, 1.807) is 0 Å². The van der Waals surface area contributed by atoms with Crippen LogP contribution in [0.4, 0.5) is 5.69 Å². The van der Waals surface area contributed by atoms with E-state index in [-0.39, 0.29) is 18.1 Å². The Morgan fingerprint density at radius 3 is 2.40 bits per heavy atom. The van der Waals surface area contributed by atoms with Crippen LogP contribution in [0, 0.1) is 0 Å². The van der Waals surface area contributed by atoms with Crippen molar-refractivity contribution in [3.63, 3.8) is 0 Å². The van der Waals surface area contributed by atoms with E-state index in [2.05, 4.69) is 31.4 Å². The number of aliphatic hydroxyl groups excluding tert-OH is 2. The van der Waals surface area contributed by atoms with Crippen molar-refractivity contribution in [2.45, 2.75) is 57.8 Å². The Kier molecular flexibility index (Phi) is 9.70. The maximum atomic E-state index is 11.4. The number of ether oxygens (including phenoxy) is 1. The lowest BCUT2D eigenvalue weighted by Crippen LogP contribution is -2.42. The molecule has 0 saturated heterocycles. The molecule has 168 valence electrons. The molecule has 0 aliphatic carbocycles. The van der Waals surface area contributed by atoms with E-state index >= 15 is 0 Å². The molecule has 30 heavy (non-hydrogen) atoms. The minimum absolute atomic E-state index is 0.0306. The first-order valence-electron chi connectivity index (χ1n) is 9.49. The van der Waals surface area contributed by atoms with Crippen LogP contribution in [0.5, 0.6) is 5.75 Å². The van der Waals surface area contributed by atoms with Crippen LogP contribution in [0.3, 0.4) is 0 Å². The average Bonchev–Trinajstić information content (AvgIpc) is 2.63.